The van der Waals surface area contributed by atoms with Crippen molar-refractivity contribution >= 4 is 40.4 Å². The van der Waals surface area contributed by atoms with Crippen LogP contribution in [0.2, 0.25) is 5.02 Å². The first-order valence-electron chi connectivity index (χ1n) is 10.6. The number of alkyl halides is 3. The third kappa shape index (κ3) is 4.57. The van der Waals surface area contributed by atoms with E-state index in [0.717, 1.165) is 16.8 Å². The molecule has 36 heavy (non-hydrogen) atoms. The molecule has 1 aromatic carbocycles. The summed E-state index contributed by atoms with van der Waals surface area (Å²) >= 11 is 6.07. The van der Waals surface area contributed by atoms with Crippen LogP contribution >= 0.6 is 11.6 Å². The van der Waals surface area contributed by atoms with Crippen molar-refractivity contribution in [3.8, 4) is 5.69 Å². The van der Waals surface area contributed by atoms with E-state index in [1.807, 2.05) is 0 Å². The molecule has 2 aromatic heterocycles. The second kappa shape index (κ2) is 9.37. The summed E-state index contributed by atoms with van der Waals surface area (Å²) in [6.45, 7) is 1.76. The van der Waals surface area contributed by atoms with Crippen LogP contribution in [0, 0.1) is 11.6 Å². The lowest BCUT2D eigenvalue weighted by atomic mass is 10.1. The first-order valence-corrected chi connectivity index (χ1v) is 10.9. The van der Waals surface area contributed by atoms with Crippen molar-refractivity contribution < 1.29 is 31.5 Å². The van der Waals surface area contributed by atoms with Crippen LogP contribution in [0.25, 0.3) is 16.7 Å². The predicted molar refractivity (Wildman–Crippen MR) is 121 cm³/mol. The van der Waals surface area contributed by atoms with Crippen molar-refractivity contribution in [2.75, 3.05) is 18.0 Å². The van der Waals surface area contributed by atoms with Crippen molar-refractivity contribution in [2.24, 2.45) is 0 Å². The maximum Gasteiger partial charge on any atom is 0.408 e. The molecule has 0 bridgehead atoms. The fourth-order valence-electron chi connectivity index (χ4n) is 3.78. The van der Waals surface area contributed by atoms with Crippen molar-refractivity contribution in [2.45, 2.75) is 25.6 Å². The van der Waals surface area contributed by atoms with Crippen LogP contribution in [0.3, 0.4) is 0 Å². The molecule has 1 aliphatic heterocycles. The van der Waals surface area contributed by atoms with Gasteiger partial charge in [0.25, 0.3) is 5.91 Å². The molecule has 8 nitrogen and oxygen atoms in total. The topological polar surface area (TPSA) is 96.3 Å². The predicted octanol–water partition coefficient (Wildman–Crippen LogP) is 3.92. The number of urea groups is 1. The quantitative estimate of drug-likeness (QED) is 0.490. The van der Waals surface area contributed by atoms with E-state index in [9.17, 15) is 36.3 Å². The van der Waals surface area contributed by atoms with Gasteiger partial charge in [-0.25, -0.2) is 18.6 Å². The number of rotatable bonds is 5. The van der Waals surface area contributed by atoms with E-state index in [4.69, 9.17) is 11.6 Å². The highest BCUT2D eigenvalue weighted by Crippen LogP contribution is 2.29. The smallest absolute Gasteiger partial charge is 0.340 e. The summed E-state index contributed by atoms with van der Waals surface area (Å²) in [6.07, 6.45) is -4.50. The molecule has 3 heterocycles. The lowest BCUT2D eigenvalue weighted by Crippen LogP contribution is -2.46. The van der Waals surface area contributed by atoms with Crippen LogP contribution in [0.4, 0.5) is 32.6 Å². The molecule has 0 saturated carbocycles. The molecule has 0 aliphatic carbocycles. The minimum Gasteiger partial charge on any atom is -0.340 e. The number of carbonyl (C=O) groups is 2. The van der Waals surface area contributed by atoms with Gasteiger partial charge in [0.05, 0.1) is 10.4 Å². The summed E-state index contributed by atoms with van der Waals surface area (Å²) in [5, 5.41) is 3.60. The Balaban J connectivity index is 1.97. The summed E-state index contributed by atoms with van der Waals surface area (Å²) in [4.78, 5) is 43.5. The van der Waals surface area contributed by atoms with Crippen molar-refractivity contribution in [1.82, 2.24) is 20.2 Å². The molecular weight excluding hydrogens is 513 g/mol. The first-order chi connectivity index (χ1) is 16.9. The highest BCUT2D eigenvalue weighted by molar-refractivity contribution is 6.32. The van der Waals surface area contributed by atoms with Gasteiger partial charge in [-0.1, -0.05) is 18.5 Å². The largest absolute Gasteiger partial charge is 0.408 e. The fourth-order valence-corrected chi connectivity index (χ4v) is 4.07. The van der Waals surface area contributed by atoms with Crippen LogP contribution in [0.15, 0.2) is 35.3 Å². The Bertz CT molecular complexity index is 1420. The molecule has 3 aromatic rings. The number of fused-ring (bicyclic) bond motifs is 1. The van der Waals surface area contributed by atoms with Crippen LogP contribution in [0.1, 0.15) is 23.7 Å². The average molecular weight is 530 g/mol. The van der Waals surface area contributed by atoms with Crippen LogP contribution < -0.4 is 21.0 Å². The minimum atomic E-state index is -4.78. The zero-order chi connectivity index (χ0) is 26.4. The van der Waals surface area contributed by atoms with Crippen LogP contribution in [0.5, 0.6) is 0 Å². The highest BCUT2D eigenvalue weighted by Gasteiger charge is 2.40. The molecule has 1 fully saturated rings. The second-order valence-corrected chi connectivity index (χ2v) is 8.27. The average Bonchev–Trinajstić information content (AvgIpc) is 3.22. The maximum atomic E-state index is 14.9. The van der Waals surface area contributed by atoms with Crippen molar-refractivity contribution in [1.29, 1.82) is 0 Å². The molecule has 4 rings (SSSR count). The highest BCUT2D eigenvalue weighted by atomic mass is 35.5. The van der Waals surface area contributed by atoms with Crippen molar-refractivity contribution in [3.05, 3.63) is 62.9 Å². The molecule has 0 unspecified atom stereocenters. The normalized spacial score (nSPS) is 14.8. The van der Waals surface area contributed by atoms with Gasteiger partial charge in [0.2, 0.25) is 5.43 Å². The molecule has 1 atom stereocenters. The van der Waals surface area contributed by atoms with Gasteiger partial charge in [-0.2, -0.15) is 13.2 Å². The van der Waals surface area contributed by atoms with Crippen LogP contribution in [-0.4, -0.2) is 46.8 Å². The Morgan fingerprint density at radius 1 is 1.25 bits per heavy atom. The number of carbonyl (C=O) groups excluding carboxylic acids is 2. The van der Waals surface area contributed by atoms with Gasteiger partial charge in [0.15, 0.2) is 11.5 Å². The van der Waals surface area contributed by atoms with Gasteiger partial charge in [0, 0.05) is 25.4 Å². The summed E-state index contributed by atoms with van der Waals surface area (Å²) in [7, 11) is 0. The Hall–Kier alpha value is -3.74. The lowest BCUT2D eigenvalue weighted by Gasteiger charge is -2.21. The van der Waals surface area contributed by atoms with Gasteiger partial charge in [-0.3, -0.25) is 19.1 Å². The SMILES string of the molecule is CC[C@H](NC(=O)c1cn(-c2c(F)cc(F)cc2Cl)c2nc(N3CCNC3=O)ccc2c1=O)C(F)(F)F. The number of halogens is 6. The van der Waals surface area contributed by atoms with E-state index in [1.165, 1.54) is 24.0 Å². The maximum absolute atomic E-state index is 14.9. The van der Waals surface area contributed by atoms with E-state index in [1.54, 1.807) is 5.32 Å². The third-order valence-corrected chi connectivity index (χ3v) is 5.83. The van der Waals surface area contributed by atoms with Gasteiger partial charge in [-0.05, 0) is 24.6 Å². The number of hydrogen-bond donors (Lipinski definition) is 2. The van der Waals surface area contributed by atoms with E-state index < -0.39 is 63.9 Å². The number of nitrogens with zero attached hydrogens (tertiary/aromatic N) is 3. The number of aromatic nitrogens is 2. The summed E-state index contributed by atoms with van der Waals surface area (Å²) < 4.78 is 69.1. The van der Waals surface area contributed by atoms with E-state index in [2.05, 4.69) is 10.3 Å². The molecule has 0 radical (unpaired) electrons. The van der Waals surface area contributed by atoms with Gasteiger partial charge in [0.1, 0.15) is 28.9 Å². The zero-order valence-corrected chi connectivity index (χ0v) is 19.2. The van der Waals surface area contributed by atoms with E-state index in [-0.39, 0.29) is 23.4 Å². The number of pyridine rings is 2. The molecule has 1 saturated heterocycles. The van der Waals surface area contributed by atoms with Crippen molar-refractivity contribution in [3.63, 3.8) is 0 Å². The molecule has 0 spiro atoms. The number of anilines is 1. The van der Waals surface area contributed by atoms with Gasteiger partial charge < -0.3 is 10.6 Å². The molecule has 190 valence electrons. The Morgan fingerprint density at radius 2 is 1.97 bits per heavy atom. The molecular formula is C22H17ClF5N5O3. The lowest BCUT2D eigenvalue weighted by molar-refractivity contribution is -0.153. The first kappa shape index (κ1) is 25.4. The van der Waals surface area contributed by atoms with Crippen LogP contribution in [-0.2, 0) is 0 Å². The summed E-state index contributed by atoms with van der Waals surface area (Å²) in [5.74, 6) is -3.49. The fraction of sp³-hybridized carbons (Fsp3) is 0.273. The Labute approximate surface area is 204 Å². The number of hydrogen-bond acceptors (Lipinski definition) is 4. The molecule has 14 heteroatoms. The molecule has 3 amide bonds. The number of amides is 3. The molecule has 1 aliphatic rings. The Kier molecular flexibility index (Phi) is 6.60. The number of benzene rings is 1. The second-order valence-electron chi connectivity index (χ2n) is 7.86. The molecule has 2 N–H and O–H groups in total. The van der Waals surface area contributed by atoms with Gasteiger partial charge in [-0.15, -0.1) is 0 Å². The summed E-state index contributed by atoms with van der Waals surface area (Å²) in [6, 6.07) is 1.06. The third-order valence-electron chi connectivity index (χ3n) is 5.55. The monoisotopic (exact) mass is 529 g/mol. The minimum absolute atomic E-state index is 0.0737. The van der Waals surface area contributed by atoms with E-state index >= 15 is 0 Å². The van der Waals surface area contributed by atoms with E-state index in [0.29, 0.717) is 12.6 Å². The Morgan fingerprint density at radius 3 is 2.56 bits per heavy atom. The zero-order valence-electron chi connectivity index (χ0n) is 18.4. The summed E-state index contributed by atoms with van der Waals surface area (Å²) in [5.41, 5.74) is -2.50. The number of nitrogens with one attached hydrogen (secondary N) is 2. The standard InChI is InChI=1S/C22H17ClF5N5O3/c1-2-15(22(26,27)28)30-20(35)12-9-33(17-13(23)7-10(24)8-14(17)25)19-11(18(12)34)3-4-16(31-19)32-6-5-29-21(32)36/h3-4,7-9,15H,2,5-6H2,1H3,(H,29,36)(H,30,35)/t15-/m0/s1. The van der Waals surface area contributed by atoms with Gasteiger partial charge >= 0.3 is 12.2 Å².